The van der Waals surface area contributed by atoms with Gasteiger partial charge in [0.15, 0.2) is 5.16 Å². The number of halogens is 2. The van der Waals surface area contributed by atoms with Gasteiger partial charge in [-0.1, -0.05) is 72.4 Å². The number of imidazole rings is 1. The molecule has 0 amide bonds. The van der Waals surface area contributed by atoms with Crippen LogP contribution in [0.25, 0.3) is 22.5 Å². The minimum absolute atomic E-state index is 0. The number of thioether (sulfide) groups is 1. The number of nitrogens with zero attached hydrogens (tertiary/aromatic N) is 2. The SMILES string of the molecule is Cl.Cl.c1ccc(-c2nc(SCCCN3CCOCC3)[nH]c2-c2ccccc2)cc1. The first-order chi connectivity index (χ1) is 13.4. The molecule has 1 fully saturated rings. The van der Waals surface area contributed by atoms with Gasteiger partial charge >= 0.3 is 0 Å². The third kappa shape index (κ3) is 6.49. The van der Waals surface area contributed by atoms with Gasteiger partial charge in [0.2, 0.25) is 0 Å². The summed E-state index contributed by atoms with van der Waals surface area (Å²) in [5.74, 6) is 1.06. The zero-order valence-electron chi connectivity index (χ0n) is 16.3. The summed E-state index contributed by atoms with van der Waals surface area (Å²) in [5.41, 5.74) is 4.44. The Morgan fingerprint density at radius 1 is 0.897 bits per heavy atom. The second-order valence-electron chi connectivity index (χ2n) is 6.65. The van der Waals surface area contributed by atoms with Crippen molar-refractivity contribution in [1.82, 2.24) is 14.9 Å². The monoisotopic (exact) mass is 451 g/mol. The fourth-order valence-electron chi connectivity index (χ4n) is 3.32. The number of benzene rings is 2. The fourth-order valence-corrected chi connectivity index (χ4v) is 4.12. The van der Waals surface area contributed by atoms with Crippen molar-refractivity contribution in [3.63, 3.8) is 0 Å². The third-order valence-corrected chi connectivity index (χ3v) is 5.71. The predicted molar refractivity (Wildman–Crippen MR) is 127 cm³/mol. The van der Waals surface area contributed by atoms with Crippen LogP contribution in [0.2, 0.25) is 0 Å². The molecule has 29 heavy (non-hydrogen) atoms. The van der Waals surface area contributed by atoms with E-state index in [0.717, 1.165) is 67.1 Å². The van der Waals surface area contributed by atoms with Crippen LogP contribution < -0.4 is 0 Å². The van der Waals surface area contributed by atoms with Gasteiger partial charge in [-0.2, -0.15) is 0 Å². The Bertz CT molecular complexity index is 783. The molecule has 0 bridgehead atoms. The lowest BCUT2D eigenvalue weighted by molar-refractivity contribution is 0.0381. The first-order valence-corrected chi connectivity index (χ1v) is 10.5. The Balaban J connectivity index is 0.00000150. The molecule has 1 aromatic heterocycles. The average molecular weight is 452 g/mol. The maximum Gasteiger partial charge on any atom is 0.166 e. The van der Waals surface area contributed by atoms with Crippen molar-refractivity contribution in [1.29, 1.82) is 0 Å². The van der Waals surface area contributed by atoms with Gasteiger partial charge in [-0.25, -0.2) is 4.98 Å². The van der Waals surface area contributed by atoms with Gasteiger partial charge in [0.05, 0.1) is 24.6 Å². The zero-order chi connectivity index (χ0) is 18.3. The summed E-state index contributed by atoms with van der Waals surface area (Å²) in [6.45, 7) is 4.98. The molecule has 2 heterocycles. The quantitative estimate of drug-likeness (QED) is 0.385. The van der Waals surface area contributed by atoms with Crippen molar-refractivity contribution in [2.75, 3.05) is 38.6 Å². The lowest BCUT2D eigenvalue weighted by Gasteiger charge is -2.26. The molecule has 3 aromatic rings. The summed E-state index contributed by atoms with van der Waals surface area (Å²) in [4.78, 5) is 11.0. The van der Waals surface area contributed by atoms with Crippen molar-refractivity contribution in [3.8, 4) is 22.5 Å². The molecule has 0 aliphatic carbocycles. The summed E-state index contributed by atoms with van der Waals surface area (Å²) in [6, 6.07) is 20.9. The second kappa shape index (κ2) is 12.3. The Hall–Kier alpha value is -1.50. The number of hydrogen-bond acceptors (Lipinski definition) is 4. The number of nitrogens with one attached hydrogen (secondary N) is 1. The minimum Gasteiger partial charge on any atom is -0.379 e. The Labute approximate surface area is 189 Å². The summed E-state index contributed by atoms with van der Waals surface area (Å²) in [5, 5.41) is 0.995. The maximum absolute atomic E-state index is 5.41. The van der Waals surface area contributed by atoms with Gasteiger partial charge in [-0.15, -0.1) is 24.8 Å². The number of H-pyrrole nitrogens is 1. The van der Waals surface area contributed by atoms with Crippen molar-refractivity contribution in [2.24, 2.45) is 0 Å². The molecule has 156 valence electrons. The normalized spacial score (nSPS) is 14.1. The highest BCUT2D eigenvalue weighted by atomic mass is 35.5. The highest BCUT2D eigenvalue weighted by Gasteiger charge is 2.14. The topological polar surface area (TPSA) is 41.2 Å². The number of aromatic amines is 1. The molecule has 0 spiro atoms. The van der Waals surface area contributed by atoms with Crippen LogP contribution in [0, 0.1) is 0 Å². The molecule has 0 saturated carbocycles. The van der Waals surface area contributed by atoms with E-state index < -0.39 is 0 Å². The van der Waals surface area contributed by atoms with E-state index in [9.17, 15) is 0 Å². The van der Waals surface area contributed by atoms with Gasteiger partial charge in [-0.05, 0) is 13.0 Å². The number of ether oxygens (including phenoxy) is 1. The Morgan fingerprint density at radius 3 is 2.17 bits per heavy atom. The van der Waals surface area contributed by atoms with E-state index in [1.54, 1.807) is 0 Å². The molecular formula is C22H27Cl2N3OS. The summed E-state index contributed by atoms with van der Waals surface area (Å²) >= 11 is 1.81. The van der Waals surface area contributed by atoms with Crippen molar-refractivity contribution >= 4 is 36.6 Å². The molecule has 1 aliphatic heterocycles. The van der Waals surface area contributed by atoms with E-state index in [1.165, 1.54) is 5.56 Å². The largest absolute Gasteiger partial charge is 0.379 e. The summed E-state index contributed by atoms with van der Waals surface area (Å²) in [6.07, 6.45) is 1.16. The third-order valence-electron chi connectivity index (χ3n) is 4.75. The van der Waals surface area contributed by atoms with Crippen LogP contribution in [-0.2, 0) is 4.74 Å². The number of aromatic nitrogens is 2. The molecular weight excluding hydrogens is 425 g/mol. The van der Waals surface area contributed by atoms with Crippen LogP contribution in [0.4, 0.5) is 0 Å². The molecule has 0 unspecified atom stereocenters. The standard InChI is InChI=1S/C22H25N3OS.2ClH/c1-3-8-18(9-4-1)20-21(19-10-5-2-6-11-19)24-22(23-20)27-17-7-12-25-13-15-26-16-14-25;;/h1-6,8-11H,7,12-17H2,(H,23,24);2*1H. The molecule has 0 radical (unpaired) electrons. The molecule has 1 aliphatic rings. The zero-order valence-corrected chi connectivity index (χ0v) is 18.7. The van der Waals surface area contributed by atoms with Gasteiger partial charge in [0, 0.05) is 30.0 Å². The minimum atomic E-state index is 0. The molecule has 4 nitrogen and oxygen atoms in total. The van der Waals surface area contributed by atoms with Crippen LogP contribution in [0.1, 0.15) is 6.42 Å². The van der Waals surface area contributed by atoms with Crippen molar-refractivity contribution in [3.05, 3.63) is 60.7 Å². The van der Waals surface area contributed by atoms with Crippen LogP contribution in [0.5, 0.6) is 0 Å². The second-order valence-corrected chi connectivity index (χ2v) is 7.74. The van der Waals surface area contributed by atoms with Crippen LogP contribution in [-0.4, -0.2) is 53.5 Å². The van der Waals surface area contributed by atoms with E-state index in [-0.39, 0.29) is 24.8 Å². The highest BCUT2D eigenvalue weighted by Crippen LogP contribution is 2.32. The molecule has 2 aromatic carbocycles. The van der Waals surface area contributed by atoms with E-state index >= 15 is 0 Å². The van der Waals surface area contributed by atoms with E-state index in [1.807, 2.05) is 23.9 Å². The summed E-state index contributed by atoms with van der Waals surface area (Å²) in [7, 11) is 0. The number of rotatable bonds is 7. The molecule has 0 atom stereocenters. The summed E-state index contributed by atoms with van der Waals surface area (Å²) < 4.78 is 5.41. The lowest BCUT2D eigenvalue weighted by Crippen LogP contribution is -2.36. The molecule has 1 N–H and O–H groups in total. The van der Waals surface area contributed by atoms with E-state index in [0.29, 0.717) is 0 Å². The predicted octanol–water partition coefficient (Wildman–Crippen LogP) is 5.40. The first kappa shape index (κ1) is 23.8. The maximum atomic E-state index is 5.41. The van der Waals surface area contributed by atoms with Gasteiger partial charge in [-0.3, -0.25) is 4.90 Å². The smallest absolute Gasteiger partial charge is 0.166 e. The van der Waals surface area contributed by atoms with E-state index in [4.69, 9.17) is 9.72 Å². The lowest BCUT2D eigenvalue weighted by atomic mass is 10.1. The van der Waals surface area contributed by atoms with Crippen LogP contribution >= 0.6 is 36.6 Å². The molecule has 7 heteroatoms. The molecule has 4 rings (SSSR count). The number of hydrogen-bond donors (Lipinski definition) is 1. The van der Waals surface area contributed by atoms with Crippen molar-refractivity contribution < 1.29 is 4.74 Å². The average Bonchev–Trinajstić information content (AvgIpc) is 3.18. The Morgan fingerprint density at radius 2 is 1.52 bits per heavy atom. The first-order valence-electron chi connectivity index (χ1n) is 9.54. The number of morpholine rings is 1. The fraction of sp³-hybridized carbons (Fsp3) is 0.318. The highest BCUT2D eigenvalue weighted by molar-refractivity contribution is 7.99. The van der Waals surface area contributed by atoms with Crippen molar-refractivity contribution in [2.45, 2.75) is 11.6 Å². The van der Waals surface area contributed by atoms with Crippen LogP contribution in [0.3, 0.4) is 0 Å². The van der Waals surface area contributed by atoms with Gasteiger partial charge in [0.1, 0.15) is 0 Å². The van der Waals surface area contributed by atoms with Gasteiger partial charge in [0.25, 0.3) is 0 Å². The van der Waals surface area contributed by atoms with Crippen LogP contribution in [0.15, 0.2) is 65.8 Å². The Kier molecular flexibility index (Phi) is 10.0. The van der Waals surface area contributed by atoms with E-state index in [2.05, 4.69) is 58.4 Å². The van der Waals surface area contributed by atoms with Gasteiger partial charge < -0.3 is 9.72 Å². The molecule has 1 saturated heterocycles.